The van der Waals surface area contributed by atoms with Crippen molar-refractivity contribution in [3.8, 4) is 0 Å². The Labute approximate surface area is 80.8 Å². The summed E-state index contributed by atoms with van der Waals surface area (Å²) in [6.07, 6.45) is 2.81. The van der Waals surface area contributed by atoms with Crippen LogP contribution in [0.4, 0.5) is 0 Å². The van der Waals surface area contributed by atoms with E-state index in [1.807, 2.05) is 0 Å². The Morgan fingerprint density at radius 3 is 2.79 bits per heavy atom. The number of imidazole rings is 1. The number of aromatic nitrogens is 2. The number of oxime groups is 1. The van der Waals surface area contributed by atoms with Gasteiger partial charge in [0.2, 0.25) is 15.0 Å². The number of nitrogens with zero attached hydrogens (tertiary/aromatic N) is 3. The van der Waals surface area contributed by atoms with E-state index in [1.54, 1.807) is 0 Å². The van der Waals surface area contributed by atoms with Gasteiger partial charge in [0.25, 0.3) is 0 Å². The SMILES string of the molecule is CC1(C)/C(=N\O)n2ccnc2S1(=O)=O. The molecule has 0 aromatic carbocycles. The van der Waals surface area contributed by atoms with Gasteiger partial charge in [0, 0.05) is 12.4 Å². The van der Waals surface area contributed by atoms with E-state index in [0.717, 1.165) is 0 Å². The van der Waals surface area contributed by atoms with Crippen LogP contribution in [0, 0.1) is 0 Å². The third kappa shape index (κ3) is 0.777. The van der Waals surface area contributed by atoms with Gasteiger partial charge >= 0.3 is 0 Å². The van der Waals surface area contributed by atoms with E-state index in [0.29, 0.717) is 0 Å². The van der Waals surface area contributed by atoms with Crippen LogP contribution in [0.3, 0.4) is 0 Å². The fraction of sp³-hybridized carbons (Fsp3) is 0.429. The topological polar surface area (TPSA) is 84.6 Å². The standard InChI is InChI=1S/C7H9N3O3S/c1-7(2)5(9-11)10-4-3-8-6(10)14(7,12)13/h3-4,11H,1-2H3/b9-5+. The minimum Gasteiger partial charge on any atom is -0.409 e. The minimum atomic E-state index is -3.54. The lowest BCUT2D eigenvalue weighted by Crippen LogP contribution is -2.36. The van der Waals surface area contributed by atoms with Crippen molar-refractivity contribution in [2.24, 2.45) is 5.16 Å². The molecule has 0 radical (unpaired) electrons. The van der Waals surface area contributed by atoms with Crippen molar-refractivity contribution < 1.29 is 13.6 Å². The van der Waals surface area contributed by atoms with Gasteiger partial charge in [0.05, 0.1) is 0 Å². The van der Waals surface area contributed by atoms with Crippen LogP contribution in [0.1, 0.15) is 13.8 Å². The number of hydrogen-bond acceptors (Lipinski definition) is 5. The fourth-order valence-electron chi connectivity index (χ4n) is 1.46. The van der Waals surface area contributed by atoms with Crippen molar-refractivity contribution in [2.45, 2.75) is 23.8 Å². The summed E-state index contributed by atoms with van der Waals surface area (Å²) in [4.78, 5) is 3.73. The molecule has 76 valence electrons. The van der Waals surface area contributed by atoms with Gasteiger partial charge in [0.15, 0.2) is 5.84 Å². The van der Waals surface area contributed by atoms with E-state index in [9.17, 15) is 8.42 Å². The summed E-state index contributed by atoms with van der Waals surface area (Å²) in [5.74, 6) is 0.0741. The van der Waals surface area contributed by atoms with Gasteiger partial charge in [-0.2, -0.15) is 0 Å². The molecule has 0 bridgehead atoms. The molecule has 0 unspecified atom stereocenters. The van der Waals surface area contributed by atoms with Gasteiger partial charge in [0.1, 0.15) is 4.75 Å². The predicted molar refractivity (Wildman–Crippen MR) is 48.1 cm³/mol. The Morgan fingerprint density at radius 1 is 1.57 bits per heavy atom. The number of hydrogen-bond donors (Lipinski definition) is 1. The van der Waals surface area contributed by atoms with Crippen LogP contribution in [0.15, 0.2) is 22.7 Å². The smallest absolute Gasteiger partial charge is 0.234 e. The first-order valence-corrected chi connectivity index (χ1v) is 5.42. The molecular weight excluding hydrogens is 206 g/mol. The molecule has 1 aliphatic heterocycles. The van der Waals surface area contributed by atoms with E-state index in [-0.39, 0.29) is 11.0 Å². The lowest BCUT2D eigenvalue weighted by Gasteiger charge is -2.14. The molecule has 0 fully saturated rings. The second kappa shape index (κ2) is 2.35. The van der Waals surface area contributed by atoms with Gasteiger partial charge in [-0.05, 0) is 13.8 Å². The zero-order valence-corrected chi connectivity index (χ0v) is 8.48. The van der Waals surface area contributed by atoms with Crippen LogP contribution in [-0.2, 0) is 9.84 Å². The molecule has 0 spiro atoms. The molecule has 1 N–H and O–H groups in total. The Bertz CT molecular complexity index is 512. The van der Waals surface area contributed by atoms with E-state index in [2.05, 4.69) is 10.1 Å². The largest absolute Gasteiger partial charge is 0.409 e. The van der Waals surface area contributed by atoms with E-state index in [1.165, 1.54) is 30.8 Å². The third-order valence-electron chi connectivity index (χ3n) is 2.38. The highest BCUT2D eigenvalue weighted by Gasteiger charge is 2.51. The van der Waals surface area contributed by atoms with Crippen molar-refractivity contribution in [1.29, 1.82) is 0 Å². The first-order chi connectivity index (χ1) is 6.43. The van der Waals surface area contributed by atoms with Crippen molar-refractivity contribution in [3.63, 3.8) is 0 Å². The summed E-state index contributed by atoms with van der Waals surface area (Å²) < 4.78 is 23.8. The van der Waals surface area contributed by atoms with Gasteiger partial charge in [-0.3, -0.25) is 4.57 Å². The van der Waals surface area contributed by atoms with Crippen LogP contribution in [-0.4, -0.2) is 33.8 Å². The first kappa shape index (κ1) is 9.20. The summed E-state index contributed by atoms with van der Waals surface area (Å²) in [5, 5.41) is 11.7. The van der Waals surface area contributed by atoms with Gasteiger partial charge in [-0.1, -0.05) is 5.16 Å². The highest BCUT2D eigenvalue weighted by atomic mass is 32.2. The summed E-state index contributed by atoms with van der Waals surface area (Å²) >= 11 is 0. The molecule has 0 atom stereocenters. The molecule has 0 saturated carbocycles. The minimum absolute atomic E-state index is 0.0738. The maximum atomic E-state index is 11.9. The molecule has 0 aliphatic carbocycles. The lowest BCUT2D eigenvalue weighted by molar-refractivity contribution is 0.314. The average molecular weight is 215 g/mol. The molecule has 1 aromatic rings. The van der Waals surface area contributed by atoms with Crippen LogP contribution >= 0.6 is 0 Å². The average Bonchev–Trinajstić information content (AvgIpc) is 2.57. The van der Waals surface area contributed by atoms with Gasteiger partial charge < -0.3 is 5.21 Å². The Balaban J connectivity index is 2.87. The Kier molecular flexibility index (Phi) is 1.55. The van der Waals surface area contributed by atoms with Gasteiger partial charge in [-0.25, -0.2) is 13.4 Å². The summed E-state index contributed by atoms with van der Waals surface area (Å²) in [6, 6.07) is 0. The summed E-state index contributed by atoms with van der Waals surface area (Å²) in [6.45, 7) is 2.96. The van der Waals surface area contributed by atoms with Crippen molar-refractivity contribution >= 4 is 15.7 Å². The van der Waals surface area contributed by atoms with Crippen LogP contribution < -0.4 is 0 Å². The highest BCUT2D eigenvalue weighted by molar-refractivity contribution is 7.93. The van der Waals surface area contributed by atoms with Gasteiger partial charge in [-0.15, -0.1) is 0 Å². The second-order valence-electron chi connectivity index (χ2n) is 3.52. The maximum Gasteiger partial charge on any atom is 0.234 e. The summed E-state index contributed by atoms with van der Waals surface area (Å²) in [5.41, 5.74) is 0. The third-order valence-corrected chi connectivity index (χ3v) is 4.69. The number of sulfone groups is 1. The normalized spacial score (nSPS) is 25.1. The molecule has 14 heavy (non-hydrogen) atoms. The summed E-state index contributed by atoms with van der Waals surface area (Å²) in [7, 11) is -3.54. The molecule has 1 aliphatic rings. The maximum absolute atomic E-state index is 11.9. The van der Waals surface area contributed by atoms with Crippen LogP contribution in [0.5, 0.6) is 0 Å². The second-order valence-corrected chi connectivity index (χ2v) is 5.91. The molecular formula is C7H9N3O3S. The molecule has 2 heterocycles. The monoisotopic (exact) mass is 215 g/mol. The zero-order valence-electron chi connectivity index (χ0n) is 7.67. The van der Waals surface area contributed by atoms with E-state index in [4.69, 9.17) is 5.21 Å². The first-order valence-electron chi connectivity index (χ1n) is 3.94. The molecule has 0 saturated heterocycles. The van der Waals surface area contributed by atoms with Crippen molar-refractivity contribution in [1.82, 2.24) is 9.55 Å². The molecule has 1 aromatic heterocycles. The highest BCUT2D eigenvalue weighted by Crippen LogP contribution is 2.33. The van der Waals surface area contributed by atoms with E-state index < -0.39 is 14.6 Å². The molecule has 0 amide bonds. The Morgan fingerprint density at radius 2 is 2.21 bits per heavy atom. The molecule has 6 nitrogen and oxygen atoms in total. The number of fused-ring (bicyclic) bond motifs is 1. The Hall–Kier alpha value is -1.37. The fourth-order valence-corrected chi connectivity index (χ4v) is 2.90. The molecule has 2 rings (SSSR count). The van der Waals surface area contributed by atoms with E-state index >= 15 is 0 Å². The lowest BCUT2D eigenvalue weighted by atomic mass is 10.2. The zero-order chi connectivity index (χ0) is 10.6. The number of rotatable bonds is 0. The van der Waals surface area contributed by atoms with Crippen molar-refractivity contribution in [3.05, 3.63) is 12.4 Å². The quantitative estimate of drug-likeness (QED) is 0.490. The van der Waals surface area contributed by atoms with Crippen LogP contribution in [0.2, 0.25) is 0 Å². The van der Waals surface area contributed by atoms with Crippen LogP contribution in [0.25, 0.3) is 0 Å². The predicted octanol–water partition coefficient (Wildman–Crippen LogP) is 0.0848. The van der Waals surface area contributed by atoms with Crippen molar-refractivity contribution in [2.75, 3.05) is 0 Å². The molecule has 7 heteroatoms.